The minimum Gasteiger partial charge on any atom is -0.460 e. The van der Waals surface area contributed by atoms with Crippen LogP contribution < -0.4 is 4.74 Å². The molecule has 1 fully saturated rings. The van der Waals surface area contributed by atoms with E-state index in [1.165, 1.54) is 24.7 Å². The van der Waals surface area contributed by atoms with Crippen molar-refractivity contribution in [1.82, 2.24) is 9.97 Å². The van der Waals surface area contributed by atoms with Crippen LogP contribution in [0.3, 0.4) is 0 Å². The number of aliphatic hydroxyl groups is 3. The van der Waals surface area contributed by atoms with Crippen LogP contribution in [0.25, 0.3) is 11.1 Å². The van der Waals surface area contributed by atoms with Crippen LogP contribution in [0.1, 0.15) is 0 Å². The van der Waals surface area contributed by atoms with E-state index < -0.39 is 40.2 Å². The standard InChI is InChI=1S/C15H15ClN2O8S/c16-10-2-1-7(5-18-10)8-3-9(6-17-4-8)25-14-12(20)11(19)13(21)15(26-14)27(22,23)24/h1-6,11-15,19-21H,(H,22,23,24)/t11-,12-,13+,14-,15?/m1/s1. The van der Waals surface area contributed by atoms with Gasteiger partial charge < -0.3 is 24.8 Å². The second-order valence-electron chi connectivity index (χ2n) is 5.76. The minimum absolute atomic E-state index is 0.0733. The molecule has 0 bridgehead atoms. The van der Waals surface area contributed by atoms with Crippen LogP contribution in [-0.4, -0.2) is 68.3 Å². The predicted molar refractivity (Wildman–Crippen MR) is 91.3 cm³/mol. The lowest BCUT2D eigenvalue weighted by molar-refractivity contribution is -0.254. The molecular weight excluding hydrogens is 404 g/mol. The molecule has 5 atom stereocenters. The van der Waals surface area contributed by atoms with Gasteiger partial charge in [-0.1, -0.05) is 11.6 Å². The molecule has 4 N–H and O–H groups in total. The maximum Gasteiger partial charge on any atom is 0.295 e. The van der Waals surface area contributed by atoms with Gasteiger partial charge in [0, 0.05) is 23.5 Å². The van der Waals surface area contributed by atoms with E-state index in [-0.39, 0.29) is 5.75 Å². The molecule has 0 radical (unpaired) electrons. The van der Waals surface area contributed by atoms with Crippen molar-refractivity contribution >= 4 is 21.7 Å². The monoisotopic (exact) mass is 418 g/mol. The lowest BCUT2D eigenvalue weighted by Gasteiger charge is -2.38. The molecule has 1 saturated heterocycles. The second kappa shape index (κ2) is 7.64. The van der Waals surface area contributed by atoms with E-state index in [1.807, 2.05) is 0 Å². The van der Waals surface area contributed by atoms with Gasteiger partial charge in [-0.2, -0.15) is 8.42 Å². The molecule has 2 aromatic rings. The van der Waals surface area contributed by atoms with Gasteiger partial charge in [0.2, 0.25) is 11.7 Å². The van der Waals surface area contributed by atoms with Crippen LogP contribution in [0, 0.1) is 0 Å². The molecule has 0 saturated carbocycles. The fraction of sp³-hybridized carbons (Fsp3) is 0.333. The first-order valence-electron chi connectivity index (χ1n) is 7.56. The largest absolute Gasteiger partial charge is 0.460 e. The number of aromatic nitrogens is 2. The van der Waals surface area contributed by atoms with E-state index in [1.54, 1.807) is 12.1 Å². The molecule has 1 unspecified atom stereocenters. The summed E-state index contributed by atoms with van der Waals surface area (Å²) in [5.41, 5.74) is -0.944. The third-order valence-electron chi connectivity index (χ3n) is 3.85. The highest BCUT2D eigenvalue weighted by atomic mass is 35.5. The molecule has 1 aliphatic heterocycles. The molecule has 27 heavy (non-hydrogen) atoms. The summed E-state index contributed by atoms with van der Waals surface area (Å²) in [4.78, 5) is 7.92. The minimum atomic E-state index is -4.87. The molecule has 0 aromatic carbocycles. The van der Waals surface area contributed by atoms with Gasteiger partial charge in [-0.05, 0) is 18.2 Å². The number of halogens is 1. The molecule has 0 spiro atoms. The maximum absolute atomic E-state index is 11.3. The Morgan fingerprint density at radius 1 is 1.04 bits per heavy atom. The van der Waals surface area contributed by atoms with Gasteiger partial charge >= 0.3 is 0 Å². The summed E-state index contributed by atoms with van der Waals surface area (Å²) >= 11 is 5.74. The Bertz CT molecular complexity index is 910. The number of rotatable bonds is 4. The van der Waals surface area contributed by atoms with E-state index in [9.17, 15) is 23.7 Å². The fourth-order valence-corrected chi connectivity index (χ4v) is 3.36. The van der Waals surface area contributed by atoms with Crippen LogP contribution in [0.4, 0.5) is 0 Å². The van der Waals surface area contributed by atoms with E-state index in [2.05, 4.69) is 9.97 Å². The molecule has 1 aliphatic rings. The van der Waals surface area contributed by atoms with Crippen molar-refractivity contribution in [2.24, 2.45) is 0 Å². The van der Waals surface area contributed by atoms with Crippen LogP contribution in [0.5, 0.6) is 5.75 Å². The molecule has 0 aliphatic carbocycles. The molecule has 2 aromatic heterocycles. The molecule has 3 rings (SSSR count). The molecule has 146 valence electrons. The fourth-order valence-electron chi connectivity index (χ4n) is 2.48. The third-order valence-corrected chi connectivity index (χ3v) is 5.05. The molecule has 3 heterocycles. The lowest BCUT2D eigenvalue weighted by atomic mass is 10.1. The van der Waals surface area contributed by atoms with Crippen molar-refractivity contribution in [2.75, 3.05) is 0 Å². The van der Waals surface area contributed by atoms with Crippen LogP contribution in [-0.2, 0) is 14.9 Å². The highest BCUT2D eigenvalue weighted by Crippen LogP contribution is 2.28. The van der Waals surface area contributed by atoms with Crippen molar-refractivity contribution in [3.05, 3.63) is 41.9 Å². The Labute approximate surface area is 158 Å². The van der Waals surface area contributed by atoms with Gasteiger partial charge in [0.15, 0.2) is 0 Å². The normalized spacial score (nSPS) is 28.7. The van der Waals surface area contributed by atoms with Gasteiger partial charge in [-0.15, -0.1) is 0 Å². The number of aliphatic hydroxyl groups excluding tert-OH is 3. The van der Waals surface area contributed by atoms with Gasteiger partial charge in [-0.25, -0.2) is 4.98 Å². The summed E-state index contributed by atoms with van der Waals surface area (Å²) in [5.74, 6) is 0.0733. The zero-order valence-corrected chi connectivity index (χ0v) is 15.0. The Balaban J connectivity index is 1.83. The summed E-state index contributed by atoms with van der Waals surface area (Å²) in [6, 6.07) is 4.78. The summed E-state index contributed by atoms with van der Waals surface area (Å²) in [5, 5.41) is 29.8. The predicted octanol–water partition coefficient (Wildman–Crippen LogP) is -0.171. The number of ether oxygens (including phenoxy) is 2. The Kier molecular flexibility index (Phi) is 5.63. The smallest absolute Gasteiger partial charge is 0.295 e. The average molecular weight is 419 g/mol. The highest BCUT2D eigenvalue weighted by Gasteiger charge is 2.50. The van der Waals surface area contributed by atoms with Crippen molar-refractivity contribution < 1.29 is 37.8 Å². The Morgan fingerprint density at radius 3 is 2.41 bits per heavy atom. The first-order valence-corrected chi connectivity index (χ1v) is 9.44. The Hall–Kier alpha value is -1.86. The van der Waals surface area contributed by atoms with E-state index in [0.717, 1.165) is 0 Å². The second-order valence-corrected chi connectivity index (χ2v) is 7.64. The molecular formula is C15H15ClN2O8S. The number of nitrogens with zero attached hydrogens (tertiary/aromatic N) is 2. The first kappa shape index (κ1) is 19.9. The highest BCUT2D eigenvalue weighted by molar-refractivity contribution is 7.86. The van der Waals surface area contributed by atoms with Crippen LogP contribution in [0.15, 0.2) is 36.8 Å². The van der Waals surface area contributed by atoms with E-state index in [0.29, 0.717) is 16.3 Å². The van der Waals surface area contributed by atoms with Crippen molar-refractivity contribution in [2.45, 2.75) is 30.0 Å². The van der Waals surface area contributed by atoms with Gasteiger partial charge in [0.05, 0.1) is 6.20 Å². The summed E-state index contributed by atoms with van der Waals surface area (Å²) in [6.45, 7) is 0. The Morgan fingerprint density at radius 2 is 1.78 bits per heavy atom. The van der Waals surface area contributed by atoms with Crippen LogP contribution in [0.2, 0.25) is 5.15 Å². The van der Waals surface area contributed by atoms with Crippen molar-refractivity contribution in [3.8, 4) is 16.9 Å². The zero-order valence-electron chi connectivity index (χ0n) is 13.5. The van der Waals surface area contributed by atoms with E-state index >= 15 is 0 Å². The molecule has 12 heteroatoms. The zero-order chi connectivity index (χ0) is 19.8. The third kappa shape index (κ3) is 4.35. The van der Waals surface area contributed by atoms with Gasteiger partial charge in [0.1, 0.15) is 29.2 Å². The lowest BCUT2D eigenvalue weighted by Crippen LogP contribution is -2.61. The number of hydrogen-bond acceptors (Lipinski definition) is 9. The first-order chi connectivity index (χ1) is 12.7. The average Bonchev–Trinajstić information content (AvgIpc) is 2.62. The van der Waals surface area contributed by atoms with Crippen molar-refractivity contribution in [3.63, 3.8) is 0 Å². The molecule has 10 nitrogen and oxygen atoms in total. The van der Waals surface area contributed by atoms with Crippen LogP contribution >= 0.6 is 11.6 Å². The number of pyridine rings is 2. The van der Waals surface area contributed by atoms with Crippen molar-refractivity contribution in [1.29, 1.82) is 0 Å². The number of hydrogen-bond donors (Lipinski definition) is 4. The van der Waals surface area contributed by atoms with Gasteiger partial charge in [0.25, 0.3) is 10.1 Å². The van der Waals surface area contributed by atoms with E-state index in [4.69, 9.17) is 25.6 Å². The molecule has 0 amide bonds. The topological polar surface area (TPSA) is 159 Å². The maximum atomic E-state index is 11.3. The van der Waals surface area contributed by atoms with Gasteiger partial charge in [-0.3, -0.25) is 9.54 Å². The summed E-state index contributed by atoms with van der Waals surface area (Å²) < 4.78 is 42.0. The SMILES string of the molecule is O=S(=O)(O)C1O[C@@H](Oc2cncc(-c3ccc(Cl)nc3)c2)[C@H](O)[C@@H](O)[C@@H]1O. The quantitative estimate of drug-likeness (QED) is 0.387. The summed E-state index contributed by atoms with van der Waals surface area (Å²) in [7, 11) is -4.87. The summed E-state index contributed by atoms with van der Waals surface area (Å²) in [6.07, 6.45) is -3.16.